The molecule has 3 atom stereocenters. The number of nitrogens with one attached hydrogen (secondary N) is 3. The highest BCUT2D eigenvalue weighted by Crippen LogP contribution is 2.03. The van der Waals surface area contributed by atoms with Gasteiger partial charge in [-0.25, -0.2) is 4.79 Å². The highest BCUT2D eigenvalue weighted by Gasteiger charge is 2.28. The quantitative estimate of drug-likeness (QED) is 0.169. The van der Waals surface area contributed by atoms with Gasteiger partial charge in [0.25, 0.3) is 0 Å². The van der Waals surface area contributed by atoms with Crippen LogP contribution in [0.25, 0.3) is 0 Å². The first kappa shape index (κ1) is 26.0. The summed E-state index contributed by atoms with van der Waals surface area (Å²) in [5.41, 5.74) is 6.03. The number of amides is 3. The van der Waals surface area contributed by atoms with Gasteiger partial charge in [-0.1, -0.05) is 30.3 Å². The summed E-state index contributed by atoms with van der Waals surface area (Å²) in [7, 11) is 0. The van der Waals surface area contributed by atoms with Crippen LogP contribution < -0.4 is 21.7 Å². The molecule has 3 amide bonds. The average molecular weight is 452 g/mol. The SMILES string of the molecule is NC(CC(=O)O)C(=O)NC(CC(=O)O)C(=O)NCC(=O)NC(Cc1ccccc1)C(=O)O. The molecule has 0 heterocycles. The lowest BCUT2D eigenvalue weighted by atomic mass is 10.1. The van der Waals surface area contributed by atoms with Gasteiger partial charge >= 0.3 is 17.9 Å². The van der Waals surface area contributed by atoms with E-state index in [0.717, 1.165) is 0 Å². The minimum atomic E-state index is -1.63. The summed E-state index contributed by atoms with van der Waals surface area (Å²) in [4.78, 5) is 69.2. The van der Waals surface area contributed by atoms with Crippen LogP contribution in [0, 0.1) is 0 Å². The number of carboxylic acids is 3. The van der Waals surface area contributed by atoms with Crippen molar-refractivity contribution < 1.29 is 44.1 Å². The van der Waals surface area contributed by atoms with Gasteiger partial charge in [0, 0.05) is 6.42 Å². The van der Waals surface area contributed by atoms with Crippen LogP contribution in [0.1, 0.15) is 18.4 Å². The summed E-state index contributed by atoms with van der Waals surface area (Å²) in [5.74, 6) is -7.08. The molecule has 0 aliphatic carbocycles. The predicted molar refractivity (Wildman–Crippen MR) is 107 cm³/mol. The summed E-state index contributed by atoms with van der Waals surface area (Å²) < 4.78 is 0. The van der Waals surface area contributed by atoms with Crippen LogP contribution in [-0.2, 0) is 35.2 Å². The third kappa shape index (κ3) is 9.67. The third-order valence-electron chi connectivity index (χ3n) is 4.08. The van der Waals surface area contributed by atoms with Crippen molar-refractivity contribution in [3.05, 3.63) is 35.9 Å². The van der Waals surface area contributed by atoms with Gasteiger partial charge in [0.15, 0.2) is 0 Å². The van der Waals surface area contributed by atoms with Crippen molar-refractivity contribution in [3.63, 3.8) is 0 Å². The number of hydrogen-bond acceptors (Lipinski definition) is 7. The van der Waals surface area contributed by atoms with Crippen LogP contribution in [0.5, 0.6) is 0 Å². The second-order valence-electron chi connectivity index (χ2n) is 6.73. The molecule has 13 nitrogen and oxygen atoms in total. The Morgan fingerprint density at radius 3 is 1.94 bits per heavy atom. The third-order valence-corrected chi connectivity index (χ3v) is 4.08. The van der Waals surface area contributed by atoms with Crippen LogP contribution >= 0.6 is 0 Å². The summed E-state index contributed by atoms with van der Waals surface area (Å²) in [6.45, 7) is -0.690. The molecular formula is C19H24N4O9. The number of hydrogen-bond donors (Lipinski definition) is 7. The first-order valence-electron chi connectivity index (χ1n) is 9.33. The lowest BCUT2D eigenvalue weighted by molar-refractivity contribution is -0.143. The number of carboxylic acid groups (broad SMARTS) is 3. The summed E-state index contributed by atoms with van der Waals surface area (Å²) in [6, 6.07) is 4.09. The Morgan fingerprint density at radius 2 is 1.41 bits per heavy atom. The van der Waals surface area contributed by atoms with E-state index in [4.69, 9.17) is 15.9 Å². The first-order chi connectivity index (χ1) is 15.0. The zero-order valence-corrected chi connectivity index (χ0v) is 16.8. The van der Waals surface area contributed by atoms with Crippen molar-refractivity contribution in [1.29, 1.82) is 0 Å². The molecule has 0 radical (unpaired) electrons. The number of aliphatic carboxylic acids is 3. The predicted octanol–water partition coefficient (Wildman–Crippen LogP) is -2.32. The maximum atomic E-state index is 12.2. The van der Waals surface area contributed by atoms with E-state index in [-0.39, 0.29) is 6.42 Å². The molecule has 0 aliphatic rings. The Morgan fingerprint density at radius 1 is 0.812 bits per heavy atom. The number of nitrogens with two attached hydrogens (primary N) is 1. The van der Waals surface area contributed by atoms with E-state index in [2.05, 4.69) is 10.6 Å². The van der Waals surface area contributed by atoms with Crippen LogP contribution in [-0.4, -0.2) is 75.6 Å². The molecule has 8 N–H and O–H groups in total. The molecular weight excluding hydrogens is 428 g/mol. The van der Waals surface area contributed by atoms with Crippen molar-refractivity contribution in [2.45, 2.75) is 37.4 Å². The summed E-state index contributed by atoms with van der Waals surface area (Å²) >= 11 is 0. The molecule has 0 saturated heterocycles. The van der Waals surface area contributed by atoms with Gasteiger partial charge in [-0.15, -0.1) is 0 Å². The number of rotatable bonds is 13. The van der Waals surface area contributed by atoms with Gasteiger partial charge in [0.05, 0.1) is 25.4 Å². The van der Waals surface area contributed by atoms with Crippen LogP contribution in [0.3, 0.4) is 0 Å². The van der Waals surface area contributed by atoms with Crippen molar-refractivity contribution >= 4 is 35.6 Å². The minimum absolute atomic E-state index is 0.00494. The lowest BCUT2D eigenvalue weighted by Gasteiger charge is -2.19. The Labute approximate surface area is 182 Å². The van der Waals surface area contributed by atoms with E-state index in [0.29, 0.717) is 5.56 Å². The molecule has 1 aromatic rings. The maximum absolute atomic E-state index is 12.2. The van der Waals surface area contributed by atoms with E-state index >= 15 is 0 Å². The van der Waals surface area contributed by atoms with Crippen molar-refractivity contribution in [1.82, 2.24) is 16.0 Å². The fourth-order valence-corrected chi connectivity index (χ4v) is 2.53. The Hall–Kier alpha value is -4.00. The van der Waals surface area contributed by atoms with E-state index in [1.165, 1.54) is 0 Å². The summed E-state index contributed by atoms with van der Waals surface area (Å²) in [6.07, 6.45) is -1.60. The smallest absolute Gasteiger partial charge is 0.326 e. The second kappa shape index (κ2) is 12.6. The topological polar surface area (TPSA) is 225 Å². The summed E-state index contributed by atoms with van der Waals surface area (Å²) in [5, 5.41) is 33.2. The molecule has 174 valence electrons. The molecule has 0 aliphatic heterocycles. The van der Waals surface area contributed by atoms with Gasteiger partial charge in [-0.3, -0.25) is 24.0 Å². The normalized spacial score (nSPS) is 13.2. The van der Waals surface area contributed by atoms with Crippen molar-refractivity contribution in [2.75, 3.05) is 6.54 Å². The van der Waals surface area contributed by atoms with Crippen LogP contribution in [0.2, 0.25) is 0 Å². The second-order valence-corrected chi connectivity index (χ2v) is 6.73. The van der Waals surface area contributed by atoms with Gasteiger partial charge in [0.2, 0.25) is 17.7 Å². The largest absolute Gasteiger partial charge is 0.481 e. The number of carbonyl (C=O) groups excluding carboxylic acids is 3. The maximum Gasteiger partial charge on any atom is 0.326 e. The zero-order valence-electron chi connectivity index (χ0n) is 16.8. The van der Waals surface area contributed by atoms with Gasteiger partial charge in [-0.05, 0) is 5.56 Å². The number of benzene rings is 1. The fourth-order valence-electron chi connectivity index (χ4n) is 2.53. The Balaban J connectivity index is 2.68. The molecule has 1 rings (SSSR count). The highest BCUT2D eigenvalue weighted by molar-refractivity contribution is 5.95. The lowest BCUT2D eigenvalue weighted by Crippen LogP contribution is -2.54. The Kier molecular flexibility index (Phi) is 10.3. The van der Waals surface area contributed by atoms with Crippen molar-refractivity contribution in [3.8, 4) is 0 Å². The standard InChI is InChI=1S/C19H24N4O9/c20-11(7-15(25)26)17(29)23-12(8-16(27)28)18(30)21-9-14(24)22-13(19(31)32)6-10-4-2-1-3-5-10/h1-5,11-13H,6-9,20H2,(H,21,30)(H,22,24)(H,23,29)(H,25,26)(H,27,28)(H,31,32). The van der Waals surface area contributed by atoms with Gasteiger partial charge in [0.1, 0.15) is 12.1 Å². The Bertz CT molecular complexity index is 860. The highest BCUT2D eigenvalue weighted by atomic mass is 16.4. The van der Waals surface area contributed by atoms with Crippen LogP contribution in [0.15, 0.2) is 30.3 Å². The number of carbonyl (C=O) groups is 6. The monoisotopic (exact) mass is 452 g/mol. The molecule has 0 spiro atoms. The van der Waals surface area contributed by atoms with Crippen LogP contribution in [0.4, 0.5) is 0 Å². The van der Waals surface area contributed by atoms with Crippen molar-refractivity contribution in [2.24, 2.45) is 5.73 Å². The fraction of sp³-hybridized carbons (Fsp3) is 0.368. The molecule has 32 heavy (non-hydrogen) atoms. The van der Waals surface area contributed by atoms with E-state index in [9.17, 15) is 33.9 Å². The molecule has 0 saturated carbocycles. The van der Waals surface area contributed by atoms with E-state index in [1.54, 1.807) is 30.3 Å². The van der Waals surface area contributed by atoms with E-state index in [1.807, 2.05) is 5.32 Å². The average Bonchev–Trinajstić information content (AvgIpc) is 2.70. The molecule has 0 bridgehead atoms. The molecule has 13 heteroatoms. The first-order valence-corrected chi connectivity index (χ1v) is 9.33. The van der Waals surface area contributed by atoms with Gasteiger partial charge < -0.3 is 37.0 Å². The van der Waals surface area contributed by atoms with Gasteiger partial charge in [-0.2, -0.15) is 0 Å². The molecule has 1 aromatic carbocycles. The molecule has 0 fully saturated rings. The minimum Gasteiger partial charge on any atom is -0.481 e. The van der Waals surface area contributed by atoms with E-state index < -0.39 is 73.1 Å². The zero-order chi connectivity index (χ0) is 24.3. The molecule has 3 unspecified atom stereocenters. The molecule has 0 aromatic heterocycles.